The number of alkyl carbamates (subject to hydrolysis) is 1. The Morgan fingerprint density at radius 3 is 2.45 bits per heavy atom. The molecule has 0 radical (unpaired) electrons. The Labute approximate surface area is 164 Å². The van der Waals surface area contributed by atoms with Gasteiger partial charge in [0.2, 0.25) is 6.10 Å². The Morgan fingerprint density at radius 1 is 1.21 bits per heavy atom. The van der Waals surface area contributed by atoms with Crippen LogP contribution in [0.25, 0.3) is 0 Å². The van der Waals surface area contributed by atoms with Crippen molar-refractivity contribution in [3.05, 3.63) is 42.2 Å². The van der Waals surface area contributed by atoms with Crippen LogP contribution in [0.2, 0.25) is 0 Å². The number of aromatic nitrogens is 4. The number of amides is 1. The molecule has 0 aromatic carbocycles. The van der Waals surface area contributed by atoms with Crippen molar-refractivity contribution in [1.82, 2.24) is 25.1 Å². The smallest absolute Gasteiger partial charge is 0.433 e. The summed E-state index contributed by atoms with van der Waals surface area (Å²) in [5.74, 6) is -0.769. The van der Waals surface area contributed by atoms with Crippen LogP contribution in [-0.2, 0) is 27.0 Å². The highest BCUT2D eigenvalue weighted by Crippen LogP contribution is 2.27. The average molecular weight is 415 g/mol. The molecule has 0 saturated heterocycles. The maximum absolute atomic E-state index is 12.6. The normalized spacial score (nSPS) is 13.6. The van der Waals surface area contributed by atoms with Crippen LogP contribution >= 0.6 is 0 Å². The molecule has 0 unspecified atom stereocenters. The molecule has 2 aromatic heterocycles. The van der Waals surface area contributed by atoms with E-state index in [0.717, 1.165) is 12.3 Å². The molecule has 2 rings (SSSR count). The van der Waals surface area contributed by atoms with E-state index in [1.165, 1.54) is 30.3 Å². The van der Waals surface area contributed by atoms with Gasteiger partial charge in [-0.15, -0.1) is 0 Å². The molecule has 1 amide bonds. The zero-order chi connectivity index (χ0) is 21.6. The van der Waals surface area contributed by atoms with Gasteiger partial charge in [0, 0.05) is 6.20 Å². The van der Waals surface area contributed by atoms with Gasteiger partial charge in [0.15, 0.2) is 0 Å². The van der Waals surface area contributed by atoms with Crippen molar-refractivity contribution in [3.8, 4) is 0 Å². The molecular formula is C17H20F3N5O4. The first-order valence-electron chi connectivity index (χ1n) is 8.59. The lowest BCUT2D eigenvalue weighted by atomic mass is 10.1. The average Bonchev–Trinajstić information content (AvgIpc) is 3.13. The van der Waals surface area contributed by atoms with Gasteiger partial charge < -0.3 is 14.8 Å². The Balaban J connectivity index is 2.01. The van der Waals surface area contributed by atoms with E-state index < -0.39 is 42.2 Å². The number of carbonyl (C=O) groups excluding carboxylic acids is 2. The minimum Gasteiger partial charge on any atom is -0.460 e. The van der Waals surface area contributed by atoms with Gasteiger partial charge >= 0.3 is 18.2 Å². The number of ether oxygens (including phenoxy) is 2. The summed E-state index contributed by atoms with van der Waals surface area (Å²) in [6, 6.07) is 1.29. The lowest BCUT2D eigenvalue weighted by Gasteiger charge is -2.20. The summed E-state index contributed by atoms with van der Waals surface area (Å²) in [7, 11) is 0. The molecule has 158 valence electrons. The van der Waals surface area contributed by atoms with Gasteiger partial charge in [0.1, 0.15) is 18.3 Å². The molecule has 12 heteroatoms. The van der Waals surface area contributed by atoms with Crippen LogP contribution in [0.1, 0.15) is 38.1 Å². The number of carbonyl (C=O) groups is 2. The molecule has 0 aliphatic rings. The second-order valence-electron chi connectivity index (χ2n) is 6.34. The maximum atomic E-state index is 12.6. The molecule has 9 nitrogen and oxygen atoms in total. The number of nitrogens with zero attached hydrogens (tertiary/aromatic N) is 4. The standard InChI is InChI=1S/C17H20F3N5O4/c1-10(2)28-15(26)13(7-25-9-21-8-23-25)29-16(27)24-11(3)12-4-5-14(22-6-12)17(18,19)20/h4-6,8-11,13H,7H2,1-3H3,(H,24,27)/t11-,13+/m0/s1. The summed E-state index contributed by atoms with van der Waals surface area (Å²) in [6.07, 6.45) is -3.63. The zero-order valence-electron chi connectivity index (χ0n) is 15.9. The van der Waals surface area contributed by atoms with Gasteiger partial charge in [0.25, 0.3) is 0 Å². The highest BCUT2D eigenvalue weighted by Gasteiger charge is 2.32. The summed E-state index contributed by atoms with van der Waals surface area (Å²) < 4.78 is 49.3. The fourth-order valence-electron chi connectivity index (χ4n) is 2.22. The summed E-state index contributed by atoms with van der Waals surface area (Å²) in [4.78, 5) is 31.5. The molecule has 0 aliphatic carbocycles. The molecule has 0 bridgehead atoms. The minimum absolute atomic E-state index is 0.116. The molecule has 1 N–H and O–H groups in total. The largest absolute Gasteiger partial charge is 0.460 e. The number of pyridine rings is 1. The van der Waals surface area contributed by atoms with Crippen molar-refractivity contribution in [2.75, 3.05) is 0 Å². The monoisotopic (exact) mass is 415 g/mol. The SMILES string of the molecule is CC(C)OC(=O)[C@@H](Cn1cncn1)OC(=O)N[C@@H](C)c1ccc(C(F)(F)F)nc1. The Morgan fingerprint density at radius 2 is 1.93 bits per heavy atom. The number of alkyl halides is 3. The molecule has 0 fully saturated rings. The molecule has 0 aliphatic heterocycles. The molecule has 0 spiro atoms. The van der Waals surface area contributed by atoms with Gasteiger partial charge in [-0.2, -0.15) is 18.3 Å². The lowest BCUT2D eigenvalue weighted by Crippen LogP contribution is -2.39. The van der Waals surface area contributed by atoms with Crippen LogP contribution in [0, 0.1) is 0 Å². The van der Waals surface area contributed by atoms with Crippen LogP contribution in [0.15, 0.2) is 31.0 Å². The summed E-state index contributed by atoms with van der Waals surface area (Å²) in [5, 5.41) is 6.28. The first-order chi connectivity index (χ1) is 13.6. The van der Waals surface area contributed by atoms with E-state index in [2.05, 4.69) is 20.4 Å². The minimum atomic E-state index is -4.56. The van der Waals surface area contributed by atoms with E-state index in [1.807, 2.05) is 0 Å². The Hall–Kier alpha value is -3.18. The van der Waals surface area contributed by atoms with Gasteiger partial charge in [-0.3, -0.25) is 4.98 Å². The molecule has 0 saturated carbocycles. The lowest BCUT2D eigenvalue weighted by molar-refractivity contribution is -0.158. The first kappa shape index (κ1) is 22.1. The van der Waals surface area contributed by atoms with E-state index in [-0.39, 0.29) is 6.54 Å². The van der Waals surface area contributed by atoms with Gasteiger partial charge in [-0.1, -0.05) is 6.07 Å². The van der Waals surface area contributed by atoms with Gasteiger partial charge in [-0.05, 0) is 32.4 Å². The van der Waals surface area contributed by atoms with Crippen LogP contribution < -0.4 is 5.32 Å². The van der Waals surface area contributed by atoms with Crippen molar-refractivity contribution in [1.29, 1.82) is 0 Å². The van der Waals surface area contributed by atoms with Crippen LogP contribution in [0.4, 0.5) is 18.0 Å². The summed E-state index contributed by atoms with van der Waals surface area (Å²) >= 11 is 0. The highest BCUT2D eigenvalue weighted by atomic mass is 19.4. The second-order valence-corrected chi connectivity index (χ2v) is 6.34. The molecule has 2 heterocycles. The maximum Gasteiger partial charge on any atom is 0.433 e. The molecule has 2 aromatic rings. The predicted molar refractivity (Wildman–Crippen MR) is 92.3 cm³/mol. The Bertz CT molecular complexity index is 809. The quantitative estimate of drug-likeness (QED) is 0.692. The number of nitrogens with one attached hydrogen (secondary N) is 1. The molecule has 2 atom stereocenters. The number of hydrogen-bond donors (Lipinski definition) is 1. The van der Waals surface area contributed by atoms with Crippen molar-refractivity contribution < 1.29 is 32.2 Å². The van der Waals surface area contributed by atoms with Crippen LogP contribution in [0.5, 0.6) is 0 Å². The number of halogens is 3. The van der Waals surface area contributed by atoms with Crippen LogP contribution in [-0.4, -0.2) is 44.0 Å². The van der Waals surface area contributed by atoms with Crippen molar-refractivity contribution in [2.24, 2.45) is 0 Å². The highest BCUT2D eigenvalue weighted by molar-refractivity contribution is 5.79. The van der Waals surface area contributed by atoms with Gasteiger partial charge in [-0.25, -0.2) is 19.3 Å². The van der Waals surface area contributed by atoms with Crippen molar-refractivity contribution in [3.63, 3.8) is 0 Å². The van der Waals surface area contributed by atoms with E-state index in [4.69, 9.17) is 9.47 Å². The number of hydrogen-bond acceptors (Lipinski definition) is 7. The fraction of sp³-hybridized carbons (Fsp3) is 0.471. The first-order valence-corrected chi connectivity index (χ1v) is 8.59. The molecular weight excluding hydrogens is 395 g/mol. The summed E-state index contributed by atoms with van der Waals surface area (Å²) in [5.41, 5.74) is -0.715. The third-order valence-electron chi connectivity index (χ3n) is 3.59. The van der Waals surface area contributed by atoms with Crippen LogP contribution in [0.3, 0.4) is 0 Å². The third-order valence-corrected chi connectivity index (χ3v) is 3.59. The van der Waals surface area contributed by atoms with E-state index in [0.29, 0.717) is 5.56 Å². The predicted octanol–water partition coefficient (Wildman–Crippen LogP) is 2.50. The third kappa shape index (κ3) is 6.73. The Kier molecular flexibility index (Phi) is 7.13. The van der Waals surface area contributed by atoms with Crippen molar-refractivity contribution in [2.45, 2.75) is 51.7 Å². The molecule has 29 heavy (non-hydrogen) atoms. The second kappa shape index (κ2) is 9.34. The topological polar surface area (TPSA) is 108 Å². The number of rotatable bonds is 7. The van der Waals surface area contributed by atoms with Gasteiger partial charge in [0.05, 0.1) is 18.7 Å². The van der Waals surface area contributed by atoms with E-state index in [9.17, 15) is 22.8 Å². The number of esters is 1. The van der Waals surface area contributed by atoms with Crippen molar-refractivity contribution >= 4 is 12.1 Å². The zero-order valence-corrected chi connectivity index (χ0v) is 15.9. The van der Waals surface area contributed by atoms with E-state index in [1.54, 1.807) is 13.8 Å². The van der Waals surface area contributed by atoms with E-state index >= 15 is 0 Å². The summed E-state index contributed by atoms with van der Waals surface area (Å²) in [6.45, 7) is 4.70. The fourth-order valence-corrected chi connectivity index (χ4v) is 2.22.